The quantitative estimate of drug-likeness (QED) is 0.777. The average Bonchev–Trinajstić information content (AvgIpc) is 2.99. The second-order valence-electron chi connectivity index (χ2n) is 3.71. The van der Waals surface area contributed by atoms with Crippen LogP contribution in [-0.4, -0.2) is 30.6 Å². The number of imidazole rings is 1. The number of rotatable bonds is 5. The number of carbonyl (C=O) groups is 1. The minimum atomic E-state index is -0.159. The maximum atomic E-state index is 11.6. The van der Waals surface area contributed by atoms with Crippen LogP contribution in [0.3, 0.4) is 0 Å². The third-order valence-electron chi connectivity index (χ3n) is 2.38. The van der Waals surface area contributed by atoms with Gasteiger partial charge in [0.25, 0.3) is 0 Å². The van der Waals surface area contributed by atoms with E-state index in [-0.39, 0.29) is 11.9 Å². The van der Waals surface area contributed by atoms with E-state index in [4.69, 9.17) is 0 Å². The van der Waals surface area contributed by atoms with E-state index in [2.05, 4.69) is 25.5 Å². The summed E-state index contributed by atoms with van der Waals surface area (Å²) in [6, 6.07) is -0.159. The van der Waals surface area contributed by atoms with Gasteiger partial charge in [-0.05, 0) is 6.92 Å². The van der Waals surface area contributed by atoms with Crippen LogP contribution in [0.15, 0.2) is 25.0 Å². The van der Waals surface area contributed by atoms with Gasteiger partial charge in [0.15, 0.2) is 0 Å². The van der Waals surface area contributed by atoms with Crippen LogP contribution in [0.25, 0.3) is 0 Å². The lowest BCUT2D eigenvalue weighted by atomic mass is 10.3. The molecule has 7 nitrogen and oxygen atoms in total. The van der Waals surface area contributed by atoms with Crippen LogP contribution in [0, 0.1) is 0 Å². The summed E-state index contributed by atoms with van der Waals surface area (Å²) >= 11 is 0. The molecule has 0 radical (unpaired) electrons. The van der Waals surface area contributed by atoms with Gasteiger partial charge >= 0.3 is 0 Å². The van der Waals surface area contributed by atoms with E-state index >= 15 is 0 Å². The molecule has 2 aromatic rings. The van der Waals surface area contributed by atoms with Crippen molar-refractivity contribution in [3.8, 4) is 0 Å². The highest BCUT2D eigenvalue weighted by molar-refractivity contribution is 5.76. The lowest BCUT2D eigenvalue weighted by Crippen LogP contribution is -2.28. The first-order valence-corrected chi connectivity index (χ1v) is 5.36. The SMILES string of the molecule is CC(NC(=O)CCn1ccnc1)c1ncn[nH]1. The van der Waals surface area contributed by atoms with Gasteiger partial charge in [-0.3, -0.25) is 9.89 Å². The van der Waals surface area contributed by atoms with Gasteiger partial charge in [-0.25, -0.2) is 9.97 Å². The van der Waals surface area contributed by atoms with E-state index < -0.39 is 0 Å². The van der Waals surface area contributed by atoms with E-state index in [0.717, 1.165) is 0 Å². The summed E-state index contributed by atoms with van der Waals surface area (Å²) in [5.41, 5.74) is 0. The second-order valence-corrected chi connectivity index (χ2v) is 3.71. The molecule has 2 rings (SSSR count). The molecule has 1 unspecified atom stereocenters. The molecule has 0 fully saturated rings. The minimum Gasteiger partial charge on any atom is -0.346 e. The highest BCUT2D eigenvalue weighted by atomic mass is 16.1. The number of aromatic nitrogens is 5. The molecule has 0 aliphatic carbocycles. The number of nitrogens with one attached hydrogen (secondary N) is 2. The maximum Gasteiger partial charge on any atom is 0.222 e. The molecule has 17 heavy (non-hydrogen) atoms. The zero-order valence-corrected chi connectivity index (χ0v) is 9.50. The van der Waals surface area contributed by atoms with Crippen LogP contribution >= 0.6 is 0 Å². The predicted molar refractivity (Wildman–Crippen MR) is 59.8 cm³/mol. The summed E-state index contributed by atoms with van der Waals surface area (Å²) in [4.78, 5) is 19.5. The molecule has 1 amide bonds. The molecular weight excluding hydrogens is 220 g/mol. The Morgan fingerprint density at radius 1 is 1.65 bits per heavy atom. The normalized spacial score (nSPS) is 12.3. The Kier molecular flexibility index (Phi) is 3.49. The van der Waals surface area contributed by atoms with E-state index in [1.807, 2.05) is 17.7 Å². The summed E-state index contributed by atoms with van der Waals surface area (Å²) in [6.07, 6.45) is 7.04. The molecule has 0 spiro atoms. The molecule has 7 heteroatoms. The molecule has 0 bridgehead atoms. The zero-order valence-electron chi connectivity index (χ0n) is 9.50. The third kappa shape index (κ3) is 3.13. The summed E-state index contributed by atoms with van der Waals surface area (Å²) in [5.74, 6) is 0.628. The number of H-pyrrole nitrogens is 1. The van der Waals surface area contributed by atoms with Crippen molar-refractivity contribution in [1.82, 2.24) is 30.0 Å². The van der Waals surface area contributed by atoms with Crippen LogP contribution < -0.4 is 5.32 Å². The highest BCUT2D eigenvalue weighted by Gasteiger charge is 2.11. The molecule has 2 heterocycles. The lowest BCUT2D eigenvalue weighted by Gasteiger charge is -2.10. The first-order valence-electron chi connectivity index (χ1n) is 5.36. The van der Waals surface area contributed by atoms with Crippen LogP contribution in [-0.2, 0) is 11.3 Å². The van der Waals surface area contributed by atoms with Crippen molar-refractivity contribution in [2.75, 3.05) is 0 Å². The van der Waals surface area contributed by atoms with Crippen molar-refractivity contribution in [1.29, 1.82) is 0 Å². The van der Waals surface area contributed by atoms with Crippen molar-refractivity contribution in [3.63, 3.8) is 0 Å². The first kappa shape index (κ1) is 11.3. The van der Waals surface area contributed by atoms with E-state index in [0.29, 0.717) is 18.8 Å². The van der Waals surface area contributed by atoms with Gasteiger partial charge in [0.2, 0.25) is 5.91 Å². The molecule has 0 saturated heterocycles. The minimum absolute atomic E-state index is 0.0254. The summed E-state index contributed by atoms with van der Waals surface area (Å²) in [5, 5.41) is 9.30. The Labute approximate surface area is 98.3 Å². The molecule has 90 valence electrons. The van der Waals surface area contributed by atoms with Crippen LogP contribution in [0.2, 0.25) is 0 Å². The number of hydrogen-bond acceptors (Lipinski definition) is 4. The first-order chi connectivity index (χ1) is 8.25. The van der Waals surface area contributed by atoms with Crippen LogP contribution in [0.4, 0.5) is 0 Å². The van der Waals surface area contributed by atoms with E-state index in [9.17, 15) is 4.79 Å². The van der Waals surface area contributed by atoms with Gasteiger partial charge in [0.05, 0.1) is 12.4 Å². The van der Waals surface area contributed by atoms with Crippen molar-refractivity contribution in [3.05, 3.63) is 30.9 Å². The Balaban J connectivity index is 1.77. The molecular formula is C10H14N6O. The van der Waals surface area contributed by atoms with Gasteiger partial charge in [-0.1, -0.05) is 0 Å². The predicted octanol–water partition coefficient (Wildman–Crippen LogP) is 0.269. The number of aryl methyl sites for hydroxylation is 1. The van der Waals surface area contributed by atoms with Gasteiger partial charge in [-0.2, -0.15) is 5.10 Å². The van der Waals surface area contributed by atoms with Gasteiger partial charge in [0.1, 0.15) is 12.2 Å². The summed E-state index contributed by atoms with van der Waals surface area (Å²) in [7, 11) is 0. The Hall–Kier alpha value is -2.18. The van der Waals surface area contributed by atoms with Gasteiger partial charge in [-0.15, -0.1) is 0 Å². The van der Waals surface area contributed by atoms with Crippen molar-refractivity contribution in [2.24, 2.45) is 0 Å². The van der Waals surface area contributed by atoms with Crippen molar-refractivity contribution < 1.29 is 4.79 Å². The van der Waals surface area contributed by atoms with Crippen molar-refractivity contribution in [2.45, 2.75) is 25.9 Å². The highest BCUT2D eigenvalue weighted by Crippen LogP contribution is 2.04. The molecule has 0 saturated carbocycles. The van der Waals surface area contributed by atoms with Crippen LogP contribution in [0.1, 0.15) is 25.2 Å². The topological polar surface area (TPSA) is 88.5 Å². The smallest absolute Gasteiger partial charge is 0.222 e. The van der Waals surface area contributed by atoms with E-state index in [1.165, 1.54) is 6.33 Å². The Morgan fingerprint density at radius 2 is 2.53 bits per heavy atom. The maximum absolute atomic E-state index is 11.6. The molecule has 0 aliphatic heterocycles. The van der Waals surface area contributed by atoms with Gasteiger partial charge < -0.3 is 9.88 Å². The molecule has 2 N–H and O–H groups in total. The largest absolute Gasteiger partial charge is 0.346 e. The fourth-order valence-corrected chi connectivity index (χ4v) is 1.46. The number of hydrogen-bond donors (Lipinski definition) is 2. The number of carbonyl (C=O) groups excluding carboxylic acids is 1. The Morgan fingerprint density at radius 3 is 3.18 bits per heavy atom. The molecule has 0 aromatic carbocycles. The molecule has 1 atom stereocenters. The summed E-state index contributed by atoms with van der Waals surface area (Å²) < 4.78 is 1.86. The zero-order chi connectivity index (χ0) is 12.1. The fourth-order valence-electron chi connectivity index (χ4n) is 1.46. The number of aromatic amines is 1. The molecule has 0 aliphatic rings. The second kappa shape index (κ2) is 5.24. The Bertz CT molecular complexity index is 449. The van der Waals surface area contributed by atoms with Gasteiger partial charge in [0, 0.05) is 25.4 Å². The standard InChI is InChI=1S/C10H14N6O/c1-8(10-12-6-13-15-10)14-9(17)2-4-16-5-3-11-7-16/h3,5-8H,2,4H2,1H3,(H,14,17)(H,12,13,15). The van der Waals surface area contributed by atoms with Crippen molar-refractivity contribution >= 4 is 5.91 Å². The monoisotopic (exact) mass is 234 g/mol. The fraction of sp³-hybridized carbons (Fsp3) is 0.400. The average molecular weight is 234 g/mol. The lowest BCUT2D eigenvalue weighted by molar-refractivity contribution is -0.122. The molecule has 2 aromatic heterocycles. The summed E-state index contributed by atoms with van der Waals surface area (Å²) in [6.45, 7) is 2.48. The number of nitrogens with zero attached hydrogens (tertiary/aromatic N) is 4. The van der Waals surface area contributed by atoms with E-state index in [1.54, 1.807) is 12.5 Å². The third-order valence-corrected chi connectivity index (χ3v) is 2.38. The van der Waals surface area contributed by atoms with Crippen LogP contribution in [0.5, 0.6) is 0 Å². The number of amides is 1.